The normalized spacial score (nSPS) is 12.7. The molecule has 3 heteroatoms. The summed E-state index contributed by atoms with van der Waals surface area (Å²) in [5.74, 6) is 0.564. The molecule has 112 valence electrons. The van der Waals surface area contributed by atoms with Crippen molar-refractivity contribution in [2.24, 2.45) is 0 Å². The molecule has 0 amide bonds. The summed E-state index contributed by atoms with van der Waals surface area (Å²) in [7, 11) is 0. The molecule has 0 aliphatic rings. The summed E-state index contributed by atoms with van der Waals surface area (Å²) in [6.07, 6.45) is 0. The largest absolute Gasteiger partial charge is 0.306 e. The Bertz CT molecular complexity index is 591. The highest BCUT2D eigenvalue weighted by atomic mass is 79.9. The number of halogens is 2. The molecule has 0 spiro atoms. The van der Waals surface area contributed by atoms with E-state index in [2.05, 4.69) is 100 Å². The molecule has 0 aliphatic heterocycles. The smallest absolute Gasteiger partial charge is 0.0588 e. The standard InChI is InChI=1S/C18H21Br2N/c1-4-21-18(16-11-15(19)9-10-17(16)20)14-7-5-13(6-8-14)12(2)3/h5-12,18,21H,4H2,1-3H3. The van der Waals surface area contributed by atoms with Crippen molar-refractivity contribution in [3.63, 3.8) is 0 Å². The maximum absolute atomic E-state index is 3.68. The lowest BCUT2D eigenvalue weighted by Crippen LogP contribution is -2.22. The van der Waals surface area contributed by atoms with E-state index < -0.39 is 0 Å². The molecular weight excluding hydrogens is 390 g/mol. The van der Waals surface area contributed by atoms with Crippen molar-refractivity contribution in [2.45, 2.75) is 32.7 Å². The summed E-state index contributed by atoms with van der Waals surface area (Å²) < 4.78 is 2.23. The molecule has 2 aromatic carbocycles. The van der Waals surface area contributed by atoms with Gasteiger partial charge in [0.2, 0.25) is 0 Å². The zero-order chi connectivity index (χ0) is 15.4. The van der Waals surface area contributed by atoms with Crippen LogP contribution >= 0.6 is 31.9 Å². The molecule has 0 heterocycles. The Morgan fingerprint density at radius 3 is 2.14 bits per heavy atom. The first kappa shape index (κ1) is 16.7. The summed E-state index contributed by atoms with van der Waals surface area (Å²) in [5, 5.41) is 3.58. The molecule has 0 saturated carbocycles. The monoisotopic (exact) mass is 409 g/mol. The van der Waals surface area contributed by atoms with Crippen molar-refractivity contribution < 1.29 is 0 Å². The molecule has 1 atom stereocenters. The molecule has 2 rings (SSSR count). The third-order valence-electron chi connectivity index (χ3n) is 3.61. The quantitative estimate of drug-likeness (QED) is 0.633. The predicted molar refractivity (Wildman–Crippen MR) is 97.9 cm³/mol. The van der Waals surface area contributed by atoms with Crippen molar-refractivity contribution in [1.29, 1.82) is 0 Å². The lowest BCUT2D eigenvalue weighted by Gasteiger charge is -2.21. The molecule has 0 aliphatic carbocycles. The minimum atomic E-state index is 0.197. The number of hydrogen-bond donors (Lipinski definition) is 1. The van der Waals surface area contributed by atoms with Gasteiger partial charge in [0.15, 0.2) is 0 Å². The van der Waals surface area contributed by atoms with Gasteiger partial charge in [-0.25, -0.2) is 0 Å². The Labute approximate surface area is 144 Å². The van der Waals surface area contributed by atoms with Crippen LogP contribution in [-0.4, -0.2) is 6.54 Å². The lowest BCUT2D eigenvalue weighted by molar-refractivity contribution is 0.628. The summed E-state index contributed by atoms with van der Waals surface area (Å²) in [5.41, 5.74) is 3.92. The summed E-state index contributed by atoms with van der Waals surface area (Å²) in [6.45, 7) is 7.51. The first-order valence-corrected chi connectivity index (χ1v) is 8.89. The van der Waals surface area contributed by atoms with Crippen LogP contribution < -0.4 is 5.32 Å². The zero-order valence-corrected chi connectivity index (χ0v) is 15.8. The average Bonchev–Trinajstić information content (AvgIpc) is 2.48. The van der Waals surface area contributed by atoms with Gasteiger partial charge in [-0.05, 0) is 47.4 Å². The van der Waals surface area contributed by atoms with Crippen LogP contribution in [0.5, 0.6) is 0 Å². The van der Waals surface area contributed by atoms with E-state index in [4.69, 9.17) is 0 Å². The molecule has 0 bridgehead atoms. The predicted octanol–water partition coefficient (Wildman–Crippen LogP) is 6.03. The van der Waals surface area contributed by atoms with E-state index >= 15 is 0 Å². The van der Waals surface area contributed by atoms with Crippen molar-refractivity contribution in [3.05, 3.63) is 68.1 Å². The number of hydrogen-bond acceptors (Lipinski definition) is 1. The molecular formula is C18H21Br2N. The van der Waals surface area contributed by atoms with Gasteiger partial charge in [0, 0.05) is 8.95 Å². The van der Waals surface area contributed by atoms with Crippen molar-refractivity contribution in [2.75, 3.05) is 6.54 Å². The molecule has 0 saturated heterocycles. The first-order chi connectivity index (χ1) is 10.0. The minimum absolute atomic E-state index is 0.197. The Hall–Kier alpha value is -0.640. The van der Waals surface area contributed by atoms with Crippen LogP contribution in [-0.2, 0) is 0 Å². The van der Waals surface area contributed by atoms with Gasteiger partial charge in [0.1, 0.15) is 0 Å². The van der Waals surface area contributed by atoms with Gasteiger partial charge in [0.25, 0.3) is 0 Å². The van der Waals surface area contributed by atoms with E-state index in [1.807, 2.05) is 0 Å². The summed E-state index contributed by atoms with van der Waals surface area (Å²) >= 11 is 7.25. The zero-order valence-electron chi connectivity index (χ0n) is 12.7. The average molecular weight is 411 g/mol. The van der Waals surface area contributed by atoms with Gasteiger partial charge in [-0.1, -0.05) is 76.9 Å². The van der Waals surface area contributed by atoms with Crippen LogP contribution in [0, 0.1) is 0 Å². The fraction of sp³-hybridized carbons (Fsp3) is 0.333. The Balaban J connectivity index is 2.40. The maximum atomic E-state index is 3.68. The van der Waals surface area contributed by atoms with Crippen LogP contribution in [0.3, 0.4) is 0 Å². The molecule has 0 radical (unpaired) electrons. The van der Waals surface area contributed by atoms with Gasteiger partial charge in [-0.2, -0.15) is 0 Å². The third kappa shape index (κ3) is 4.18. The maximum Gasteiger partial charge on any atom is 0.0588 e. The van der Waals surface area contributed by atoms with Gasteiger partial charge >= 0.3 is 0 Å². The molecule has 0 fully saturated rings. The van der Waals surface area contributed by atoms with E-state index in [0.29, 0.717) is 5.92 Å². The van der Waals surface area contributed by atoms with Crippen LogP contribution in [0.25, 0.3) is 0 Å². The molecule has 21 heavy (non-hydrogen) atoms. The lowest BCUT2D eigenvalue weighted by atomic mass is 9.95. The second-order valence-corrected chi connectivity index (χ2v) is 7.25. The number of nitrogens with one attached hydrogen (secondary N) is 1. The van der Waals surface area contributed by atoms with Crippen LogP contribution in [0.1, 0.15) is 49.4 Å². The fourth-order valence-corrected chi connectivity index (χ4v) is 3.28. The van der Waals surface area contributed by atoms with Gasteiger partial charge in [-0.15, -0.1) is 0 Å². The van der Waals surface area contributed by atoms with Gasteiger partial charge in [-0.3, -0.25) is 0 Å². The number of rotatable bonds is 5. The van der Waals surface area contributed by atoms with E-state index in [0.717, 1.165) is 15.5 Å². The fourth-order valence-electron chi connectivity index (χ4n) is 2.42. The topological polar surface area (TPSA) is 12.0 Å². The highest BCUT2D eigenvalue weighted by Crippen LogP contribution is 2.31. The Kier molecular flexibility index (Phi) is 6.03. The van der Waals surface area contributed by atoms with Crippen molar-refractivity contribution >= 4 is 31.9 Å². The summed E-state index contributed by atoms with van der Waals surface area (Å²) in [4.78, 5) is 0. The Morgan fingerprint density at radius 2 is 1.57 bits per heavy atom. The van der Waals surface area contributed by atoms with Crippen LogP contribution in [0.2, 0.25) is 0 Å². The van der Waals surface area contributed by atoms with E-state index in [-0.39, 0.29) is 6.04 Å². The molecule has 1 N–H and O–H groups in total. The Morgan fingerprint density at radius 1 is 0.952 bits per heavy atom. The molecule has 1 nitrogen and oxygen atoms in total. The molecule has 1 unspecified atom stereocenters. The van der Waals surface area contributed by atoms with E-state index in [1.165, 1.54) is 16.7 Å². The summed E-state index contributed by atoms with van der Waals surface area (Å²) in [6, 6.07) is 15.4. The molecule has 2 aromatic rings. The van der Waals surface area contributed by atoms with E-state index in [9.17, 15) is 0 Å². The SMILES string of the molecule is CCNC(c1ccc(C(C)C)cc1)c1cc(Br)ccc1Br. The van der Waals surface area contributed by atoms with Crippen LogP contribution in [0.15, 0.2) is 51.4 Å². The van der Waals surface area contributed by atoms with E-state index in [1.54, 1.807) is 0 Å². The van der Waals surface area contributed by atoms with Gasteiger partial charge in [0.05, 0.1) is 6.04 Å². The highest BCUT2D eigenvalue weighted by Gasteiger charge is 2.16. The van der Waals surface area contributed by atoms with Crippen molar-refractivity contribution in [3.8, 4) is 0 Å². The molecule has 0 aromatic heterocycles. The highest BCUT2D eigenvalue weighted by molar-refractivity contribution is 9.11. The second kappa shape index (κ2) is 7.57. The van der Waals surface area contributed by atoms with Crippen LogP contribution in [0.4, 0.5) is 0 Å². The first-order valence-electron chi connectivity index (χ1n) is 7.31. The number of benzene rings is 2. The second-order valence-electron chi connectivity index (χ2n) is 5.48. The van der Waals surface area contributed by atoms with Gasteiger partial charge < -0.3 is 5.32 Å². The third-order valence-corrected chi connectivity index (χ3v) is 4.83. The minimum Gasteiger partial charge on any atom is -0.306 e. The van der Waals surface area contributed by atoms with Crippen molar-refractivity contribution in [1.82, 2.24) is 5.32 Å².